The fraction of sp³-hybridized carbons (Fsp3) is 0.368. The van der Waals surface area contributed by atoms with Gasteiger partial charge >= 0.3 is 6.03 Å². The van der Waals surface area contributed by atoms with Gasteiger partial charge in [0.1, 0.15) is 5.75 Å². The maximum atomic E-state index is 14.0. The van der Waals surface area contributed by atoms with Crippen LogP contribution in [0.5, 0.6) is 5.75 Å². The van der Waals surface area contributed by atoms with Crippen LogP contribution in [0.4, 0.5) is 14.9 Å². The molecule has 3 heterocycles. The lowest BCUT2D eigenvalue weighted by Gasteiger charge is -2.37. The van der Waals surface area contributed by atoms with E-state index in [0.717, 1.165) is 11.3 Å². The van der Waals surface area contributed by atoms with Crippen LogP contribution in [0.15, 0.2) is 42.7 Å². The maximum Gasteiger partial charge on any atom is 0.320 e. The van der Waals surface area contributed by atoms with Crippen LogP contribution in [0.2, 0.25) is 0 Å². The molecule has 2 aromatic rings. The van der Waals surface area contributed by atoms with Crippen LogP contribution < -0.4 is 9.64 Å². The van der Waals surface area contributed by atoms with Crippen LogP contribution in [0.3, 0.4) is 0 Å². The molecule has 136 valence electrons. The van der Waals surface area contributed by atoms with Gasteiger partial charge in [-0.1, -0.05) is 12.1 Å². The monoisotopic (exact) mass is 356 g/mol. The van der Waals surface area contributed by atoms with Crippen LogP contribution in [0.25, 0.3) is 0 Å². The van der Waals surface area contributed by atoms with Gasteiger partial charge in [0.2, 0.25) is 0 Å². The van der Waals surface area contributed by atoms with Crippen LogP contribution in [-0.2, 0) is 6.54 Å². The molecule has 0 bridgehead atoms. The lowest BCUT2D eigenvalue weighted by molar-refractivity contribution is 0.181. The molecule has 0 radical (unpaired) electrons. The van der Waals surface area contributed by atoms with E-state index in [4.69, 9.17) is 4.74 Å². The van der Waals surface area contributed by atoms with E-state index in [0.29, 0.717) is 38.4 Å². The first kappa shape index (κ1) is 16.6. The number of methoxy groups -OCH3 is 1. The summed E-state index contributed by atoms with van der Waals surface area (Å²) >= 11 is 0. The van der Waals surface area contributed by atoms with E-state index < -0.39 is 0 Å². The molecule has 2 amide bonds. The highest BCUT2D eigenvalue weighted by molar-refractivity contribution is 5.78. The zero-order chi connectivity index (χ0) is 18.1. The molecule has 0 N–H and O–H groups in total. The summed E-state index contributed by atoms with van der Waals surface area (Å²) in [6.07, 6.45) is 2.83. The van der Waals surface area contributed by atoms with Gasteiger partial charge in [-0.15, -0.1) is 0 Å². The number of nitrogens with zero attached hydrogens (tertiary/aromatic N) is 4. The van der Waals surface area contributed by atoms with Crippen molar-refractivity contribution >= 4 is 11.7 Å². The number of hydrogen-bond donors (Lipinski definition) is 0. The molecular formula is C19H21FN4O2. The first-order valence-electron chi connectivity index (χ1n) is 8.68. The molecule has 1 atom stereocenters. The SMILES string of the molecule is COc1cccc(CN2CC3CN(c4ccncc4F)CCN3C2=O)c1. The number of amides is 2. The second kappa shape index (κ2) is 6.82. The van der Waals surface area contributed by atoms with E-state index in [9.17, 15) is 9.18 Å². The van der Waals surface area contributed by atoms with Gasteiger partial charge in [0, 0.05) is 38.9 Å². The molecule has 0 saturated carbocycles. The molecular weight excluding hydrogens is 335 g/mol. The molecule has 1 aromatic carbocycles. The van der Waals surface area contributed by atoms with Crippen molar-refractivity contribution in [3.05, 3.63) is 54.1 Å². The Bertz CT molecular complexity index is 816. The van der Waals surface area contributed by atoms with E-state index in [1.165, 1.54) is 6.20 Å². The Hall–Kier alpha value is -2.83. The van der Waals surface area contributed by atoms with E-state index in [1.807, 2.05) is 39.0 Å². The largest absolute Gasteiger partial charge is 0.497 e. The number of fused-ring (bicyclic) bond motifs is 1. The summed E-state index contributed by atoms with van der Waals surface area (Å²) in [4.78, 5) is 22.3. The van der Waals surface area contributed by atoms with E-state index in [-0.39, 0.29) is 17.9 Å². The van der Waals surface area contributed by atoms with Gasteiger partial charge < -0.3 is 19.4 Å². The van der Waals surface area contributed by atoms with Crippen molar-refractivity contribution in [2.75, 3.05) is 38.2 Å². The van der Waals surface area contributed by atoms with Crippen LogP contribution in [-0.4, -0.2) is 60.1 Å². The molecule has 0 aliphatic carbocycles. The molecule has 2 saturated heterocycles. The number of halogens is 1. The number of pyridine rings is 1. The van der Waals surface area contributed by atoms with Crippen molar-refractivity contribution in [3.63, 3.8) is 0 Å². The van der Waals surface area contributed by atoms with Crippen molar-refractivity contribution in [2.24, 2.45) is 0 Å². The standard InChI is InChI=1S/C19H21FN4O2/c1-26-16-4-2-3-14(9-16)11-23-13-15-12-22(7-8-24(15)19(23)25)18-5-6-21-10-17(18)20/h2-6,9-10,15H,7-8,11-13H2,1H3. The summed E-state index contributed by atoms with van der Waals surface area (Å²) in [6, 6.07) is 9.56. The normalized spacial score (nSPS) is 19.7. The molecule has 4 rings (SSSR count). The number of benzene rings is 1. The first-order chi connectivity index (χ1) is 12.7. The lowest BCUT2D eigenvalue weighted by Crippen LogP contribution is -2.52. The molecule has 26 heavy (non-hydrogen) atoms. The maximum absolute atomic E-state index is 14.0. The minimum absolute atomic E-state index is 0.0488. The van der Waals surface area contributed by atoms with Gasteiger partial charge in [-0.2, -0.15) is 0 Å². The average Bonchev–Trinajstić information content (AvgIpc) is 2.97. The highest BCUT2D eigenvalue weighted by atomic mass is 19.1. The van der Waals surface area contributed by atoms with E-state index in [1.54, 1.807) is 19.4 Å². The Morgan fingerprint density at radius 3 is 2.96 bits per heavy atom. The third kappa shape index (κ3) is 3.05. The zero-order valence-corrected chi connectivity index (χ0v) is 14.6. The number of ether oxygens (including phenoxy) is 1. The fourth-order valence-electron chi connectivity index (χ4n) is 3.74. The number of hydrogen-bond acceptors (Lipinski definition) is 4. The Kier molecular flexibility index (Phi) is 4.36. The Balaban J connectivity index is 1.46. The summed E-state index contributed by atoms with van der Waals surface area (Å²) < 4.78 is 19.3. The van der Waals surface area contributed by atoms with Crippen LogP contribution in [0.1, 0.15) is 5.56 Å². The van der Waals surface area contributed by atoms with Crippen molar-refractivity contribution in [2.45, 2.75) is 12.6 Å². The van der Waals surface area contributed by atoms with Gasteiger partial charge in [0.05, 0.1) is 25.0 Å². The molecule has 6 nitrogen and oxygen atoms in total. The quantitative estimate of drug-likeness (QED) is 0.844. The number of piperazine rings is 1. The van der Waals surface area contributed by atoms with E-state index in [2.05, 4.69) is 4.98 Å². The Labute approximate surface area is 151 Å². The lowest BCUT2D eigenvalue weighted by atomic mass is 10.1. The summed E-state index contributed by atoms with van der Waals surface area (Å²) in [5, 5.41) is 0. The van der Waals surface area contributed by atoms with Gasteiger partial charge in [0.15, 0.2) is 5.82 Å². The van der Waals surface area contributed by atoms with E-state index >= 15 is 0 Å². The minimum Gasteiger partial charge on any atom is -0.497 e. The average molecular weight is 356 g/mol. The molecule has 2 aliphatic rings. The van der Waals surface area contributed by atoms with Crippen molar-refractivity contribution in [1.29, 1.82) is 0 Å². The van der Waals surface area contributed by atoms with Gasteiger partial charge in [-0.25, -0.2) is 9.18 Å². The minimum atomic E-state index is -0.321. The highest BCUT2D eigenvalue weighted by Gasteiger charge is 2.40. The predicted molar refractivity (Wildman–Crippen MR) is 95.7 cm³/mol. The molecule has 7 heteroatoms. The molecule has 1 unspecified atom stereocenters. The third-order valence-electron chi connectivity index (χ3n) is 5.03. The molecule has 0 spiro atoms. The van der Waals surface area contributed by atoms with Crippen LogP contribution in [0, 0.1) is 5.82 Å². The predicted octanol–water partition coefficient (Wildman–Crippen LogP) is 2.36. The number of carbonyl (C=O) groups excluding carboxylic acids is 1. The second-order valence-corrected chi connectivity index (χ2v) is 6.63. The van der Waals surface area contributed by atoms with Crippen molar-refractivity contribution in [1.82, 2.24) is 14.8 Å². The highest BCUT2D eigenvalue weighted by Crippen LogP contribution is 2.27. The fourth-order valence-corrected chi connectivity index (χ4v) is 3.74. The molecule has 2 aliphatic heterocycles. The van der Waals surface area contributed by atoms with Crippen molar-refractivity contribution < 1.29 is 13.9 Å². The van der Waals surface area contributed by atoms with Gasteiger partial charge in [-0.3, -0.25) is 4.98 Å². The van der Waals surface area contributed by atoms with Crippen molar-refractivity contribution in [3.8, 4) is 5.75 Å². The van der Waals surface area contributed by atoms with Gasteiger partial charge in [-0.05, 0) is 23.8 Å². The van der Waals surface area contributed by atoms with Crippen LogP contribution >= 0.6 is 0 Å². The number of anilines is 1. The summed E-state index contributed by atoms with van der Waals surface area (Å²) in [7, 11) is 1.63. The topological polar surface area (TPSA) is 48.9 Å². The summed E-state index contributed by atoms with van der Waals surface area (Å²) in [6.45, 7) is 3.03. The Morgan fingerprint density at radius 2 is 2.15 bits per heavy atom. The number of aromatic nitrogens is 1. The second-order valence-electron chi connectivity index (χ2n) is 6.63. The first-order valence-corrected chi connectivity index (χ1v) is 8.68. The smallest absolute Gasteiger partial charge is 0.320 e. The third-order valence-corrected chi connectivity index (χ3v) is 5.03. The molecule has 1 aromatic heterocycles. The number of carbonyl (C=O) groups is 1. The number of urea groups is 1. The zero-order valence-electron chi connectivity index (χ0n) is 14.6. The van der Waals surface area contributed by atoms with Gasteiger partial charge in [0.25, 0.3) is 0 Å². The number of rotatable bonds is 4. The summed E-state index contributed by atoms with van der Waals surface area (Å²) in [5.41, 5.74) is 1.59. The molecule has 2 fully saturated rings. The Morgan fingerprint density at radius 1 is 1.27 bits per heavy atom. The summed E-state index contributed by atoms with van der Waals surface area (Å²) in [5.74, 6) is 0.463.